The van der Waals surface area contributed by atoms with Crippen molar-refractivity contribution in [1.82, 2.24) is 20.4 Å². The van der Waals surface area contributed by atoms with Crippen molar-refractivity contribution in [3.63, 3.8) is 0 Å². The second-order valence-corrected chi connectivity index (χ2v) is 24.7. The largest absolute Gasteiger partial charge is 0.444 e. The number of nitrogens with zero attached hydrogens (tertiary/aromatic N) is 5. The zero-order valence-electron chi connectivity index (χ0n) is 52.8. The maximum Gasteiger partial charge on any atom is 0.407 e. The van der Waals surface area contributed by atoms with Crippen molar-refractivity contribution in [2.75, 3.05) is 82.7 Å². The Morgan fingerprint density at radius 2 is 1.06 bits per heavy atom. The summed E-state index contributed by atoms with van der Waals surface area (Å²) in [5.74, 6) is -0.534. The Kier molecular flexibility index (Phi) is 28.2. The van der Waals surface area contributed by atoms with Crippen LogP contribution in [0.25, 0.3) is 10.4 Å². The molecule has 1 unspecified atom stereocenters. The summed E-state index contributed by atoms with van der Waals surface area (Å²) in [5.41, 5.74) is 15.4. The number of nitrogens with one attached hydrogen (secondary N) is 5. The van der Waals surface area contributed by atoms with Crippen LogP contribution in [-0.4, -0.2) is 130 Å². The fraction of sp³-hybridized carbons (Fsp3) is 0.642. The van der Waals surface area contributed by atoms with Crippen molar-refractivity contribution in [2.24, 2.45) is 5.11 Å². The van der Waals surface area contributed by atoms with Gasteiger partial charge in [-0.2, -0.15) is 0 Å². The van der Waals surface area contributed by atoms with E-state index in [9.17, 15) is 28.8 Å². The number of carbonyl (C=O) groups is 6. The first-order valence-electron chi connectivity index (χ1n) is 32.2. The molecule has 1 heterocycles. The number of likely N-dealkylation sites (N-methyl/N-ethyl adjacent to an activating group) is 2. The van der Waals surface area contributed by atoms with Crippen LogP contribution < -0.4 is 26.6 Å². The van der Waals surface area contributed by atoms with E-state index in [2.05, 4.69) is 86.9 Å². The average molecular weight is 1190 g/mol. The zero-order valence-corrected chi connectivity index (χ0v) is 52.8. The van der Waals surface area contributed by atoms with Gasteiger partial charge in [-0.3, -0.25) is 24.0 Å². The first-order valence-corrected chi connectivity index (χ1v) is 32.2. The second-order valence-electron chi connectivity index (χ2n) is 24.7. The number of ether oxygens (including phenoxy) is 3. The molecule has 2 atom stereocenters. The van der Waals surface area contributed by atoms with Crippen LogP contribution in [0.15, 0.2) is 59.7 Å². The van der Waals surface area contributed by atoms with E-state index in [1.165, 1.54) is 25.7 Å². The van der Waals surface area contributed by atoms with Gasteiger partial charge in [0.05, 0.1) is 38.5 Å². The molecule has 0 aromatic heterocycles. The van der Waals surface area contributed by atoms with Crippen LogP contribution in [0.4, 0.5) is 21.9 Å². The summed E-state index contributed by atoms with van der Waals surface area (Å²) in [7, 11) is 3.50. The normalized spacial score (nSPS) is 17.1. The molecular weight excluding hydrogens is 1090 g/mol. The SMILES string of the molecule is CCCCCCCCC(=O)Nc1ccc2c(c1)C1(CCC(=O)N(C)CCOCCOCCN(C)C(=O)C3C[C@H](N=[N+]=[N-])CN3)c3cc(NC(=O)CCCCCCCC)ccc3C2c2ccc(NC(=O)CCCCCCCNC(=O)OC(C)(C)C)cc21. The molecule has 19 heteroatoms. The molecular formula is C67H100N10O9. The number of hydrogen-bond donors (Lipinski definition) is 5. The number of carbonyl (C=O) groups excluding carboxylic acids is 6. The third kappa shape index (κ3) is 20.8. The average Bonchev–Trinajstić information content (AvgIpc) is 0.808. The predicted molar refractivity (Wildman–Crippen MR) is 339 cm³/mol. The summed E-state index contributed by atoms with van der Waals surface area (Å²) in [6, 6.07) is 17.9. The quantitative estimate of drug-likeness (QED) is 0.0156. The van der Waals surface area contributed by atoms with Gasteiger partial charge in [0.2, 0.25) is 29.5 Å². The number of azide groups is 1. The van der Waals surface area contributed by atoms with Crippen LogP contribution in [0.1, 0.15) is 222 Å². The Labute approximate surface area is 511 Å². The molecule has 19 nitrogen and oxygen atoms in total. The zero-order chi connectivity index (χ0) is 61.9. The Morgan fingerprint density at radius 1 is 0.616 bits per heavy atom. The first kappa shape index (κ1) is 68.6. The monoisotopic (exact) mass is 1190 g/mol. The van der Waals surface area contributed by atoms with Gasteiger partial charge >= 0.3 is 6.09 Å². The fourth-order valence-corrected chi connectivity index (χ4v) is 12.1. The van der Waals surface area contributed by atoms with E-state index in [1.54, 1.807) is 23.9 Å². The molecule has 3 aromatic carbocycles. The highest BCUT2D eigenvalue weighted by Gasteiger charge is 2.52. The number of benzene rings is 3. The van der Waals surface area contributed by atoms with Crippen LogP contribution >= 0.6 is 0 Å². The minimum absolute atomic E-state index is 0.0440. The van der Waals surface area contributed by atoms with Crippen molar-refractivity contribution in [1.29, 1.82) is 0 Å². The lowest BCUT2D eigenvalue weighted by Gasteiger charge is -2.51. The second kappa shape index (κ2) is 35.3. The molecule has 86 heavy (non-hydrogen) atoms. The maximum absolute atomic E-state index is 14.5. The highest BCUT2D eigenvalue weighted by molar-refractivity contribution is 5.94. The Balaban J connectivity index is 1.19. The molecule has 5 N–H and O–H groups in total. The smallest absolute Gasteiger partial charge is 0.407 e. The Bertz CT molecular complexity index is 2680. The lowest BCUT2D eigenvalue weighted by atomic mass is 9.51. The highest BCUT2D eigenvalue weighted by Crippen LogP contribution is 2.62. The molecule has 3 aliphatic carbocycles. The number of amides is 6. The summed E-state index contributed by atoms with van der Waals surface area (Å²) in [4.78, 5) is 86.6. The van der Waals surface area contributed by atoms with Gasteiger partial charge in [0.1, 0.15) is 5.60 Å². The van der Waals surface area contributed by atoms with E-state index >= 15 is 0 Å². The van der Waals surface area contributed by atoms with E-state index in [0.717, 1.165) is 110 Å². The molecule has 4 aliphatic rings. The van der Waals surface area contributed by atoms with Gasteiger partial charge in [-0.15, -0.1) is 0 Å². The highest BCUT2D eigenvalue weighted by atomic mass is 16.6. The lowest BCUT2D eigenvalue weighted by Crippen LogP contribution is -2.43. The summed E-state index contributed by atoms with van der Waals surface area (Å²) >= 11 is 0. The lowest BCUT2D eigenvalue weighted by molar-refractivity contribution is -0.133. The number of hydrogen-bond acceptors (Lipinski definition) is 11. The van der Waals surface area contributed by atoms with Crippen molar-refractivity contribution < 1.29 is 43.0 Å². The summed E-state index contributed by atoms with van der Waals surface area (Å²) in [5, 5.41) is 19.3. The third-order valence-electron chi connectivity index (χ3n) is 16.7. The molecule has 2 bridgehead atoms. The standard InChI is InChI=1S/C67H100N10O9/c1-8-10-12-14-17-21-25-59(78)71-48-28-31-52-55(43-48)67(35-34-62(81)76(6)37-39-84-41-42-85-40-38-77(7)64(82)58-46-51(47-70-58)74-75-68)56-44-49(72-60(79)26-22-18-15-13-11-9-2)29-32-53(56)63(52)54-33-30-50(45-57(54)67)73-61(80)27-23-19-16-20-24-36-69-65(83)86-66(3,4)5/h28-33,43-45,51,58,63,70H,8-27,34-42,46-47H2,1-7H3,(H,69,83)(H,71,78)(H,72,79)(H,73,80)/t51-,58?,63?,67?/m0/s1. The summed E-state index contributed by atoms with van der Waals surface area (Å²) in [6.07, 6.45) is 18.8. The van der Waals surface area contributed by atoms with Crippen LogP contribution in [0.3, 0.4) is 0 Å². The van der Waals surface area contributed by atoms with Crippen molar-refractivity contribution >= 4 is 52.7 Å². The molecule has 0 saturated carbocycles. The Morgan fingerprint density at radius 3 is 1.51 bits per heavy atom. The molecule has 7 rings (SSSR count). The maximum atomic E-state index is 14.5. The molecule has 472 valence electrons. The van der Waals surface area contributed by atoms with Crippen LogP contribution in [0.5, 0.6) is 0 Å². The van der Waals surface area contributed by atoms with Gasteiger partial charge in [0, 0.05) is 99.3 Å². The number of rotatable bonds is 39. The van der Waals surface area contributed by atoms with E-state index < -0.39 is 23.2 Å². The molecule has 0 spiro atoms. The van der Waals surface area contributed by atoms with Gasteiger partial charge in [-0.1, -0.05) is 121 Å². The molecule has 1 aliphatic heterocycles. The Hall–Kier alpha value is -6.53. The van der Waals surface area contributed by atoms with Gasteiger partial charge < -0.3 is 50.6 Å². The van der Waals surface area contributed by atoms with Crippen molar-refractivity contribution in [3.8, 4) is 0 Å². The topological polar surface area (TPSA) is 246 Å². The molecule has 1 saturated heterocycles. The predicted octanol–water partition coefficient (Wildman–Crippen LogP) is 12.8. The van der Waals surface area contributed by atoms with Crippen molar-refractivity contribution in [3.05, 3.63) is 98.4 Å². The van der Waals surface area contributed by atoms with E-state index in [1.807, 2.05) is 39.0 Å². The van der Waals surface area contributed by atoms with Gasteiger partial charge in [0.25, 0.3) is 0 Å². The third-order valence-corrected chi connectivity index (χ3v) is 16.7. The van der Waals surface area contributed by atoms with E-state index in [4.69, 9.17) is 19.7 Å². The van der Waals surface area contributed by atoms with Gasteiger partial charge in [0.15, 0.2) is 0 Å². The summed E-state index contributed by atoms with van der Waals surface area (Å²) in [6.45, 7) is 12.9. The first-order chi connectivity index (χ1) is 41.5. The van der Waals surface area contributed by atoms with Crippen LogP contribution in [0, 0.1) is 0 Å². The van der Waals surface area contributed by atoms with Crippen molar-refractivity contribution in [2.45, 2.75) is 211 Å². The minimum Gasteiger partial charge on any atom is -0.444 e. The minimum atomic E-state index is -0.946. The molecule has 3 aromatic rings. The van der Waals surface area contributed by atoms with E-state index in [-0.39, 0.29) is 54.5 Å². The number of unbranched alkanes of at least 4 members (excludes halogenated alkanes) is 14. The molecule has 6 amide bonds. The number of alkyl carbamates (subject to hydrolysis) is 1. The molecule has 0 radical (unpaired) electrons. The van der Waals surface area contributed by atoms with Crippen LogP contribution in [-0.2, 0) is 43.6 Å². The summed E-state index contributed by atoms with van der Waals surface area (Å²) < 4.78 is 17.1. The van der Waals surface area contributed by atoms with Crippen LogP contribution in [0.2, 0.25) is 0 Å². The molecule has 1 fully saturated rings. The van der Waals surface area contributed by atoms with E-state index in [0.29, 0.717) is 102 Å². The van der Waals surface area contributed by atoms with Gasteiger partial charge in [-0.25, -0.2) is 4.79 Å². The van der Waals surface area contributed by atoms with Gasteiger partial charge in [-0.05, 0) is 135 Å². The number of anilines is 3. The fourth-order valence-electron chi connectivity index (χ4n) is 12.1.